The van der Waals surface area contributed by atoms with Crippen molar-refractivity contribution in [1.82, 2.24) is 4.90 Å². The standard InChI is InChI=1S/C16H22N2O3/c1-20-11-5-7-14(21-2)12(9-11)16-13(17)6-8-15(19)18(16)10-3-4-10/h5,7,9-10,13,16H,3-4,6,8,17H2,1-2H3. The fraction of sp³-hybridized carbons (Fsp3) is 0.562. The number of methoxy groups -OCH3 is 2. The molecule has 1 saturated carbocycles. The first-order chi connectivity index (χ1) is 10.2. The Bertz CT molecular complexity index is 542. The summed E-state index contributed by atoms with van der Waals surface area (Å²) in [7, 11) is 3.28. The van der Waals surface area contributed by atoms with Crippen LogP contribution in [0, 0.1) is 0 Å². The van der Waals surface area contributed by atoms with Crippen molar-refractivity contribution in [2.75, 3.05) is 14.2 Å². The van der Waals surface area contributed by atoms with Crippen molar-refractivity contribution in [3.8, 4) is 11.5 Å². The molecule has 2 atom stereocenters. The van der Waals surface area contributed by atoms with Crippen molar-refractivity contribution in [2.24, 2.45) is 5.73 Å². The lowest BCUT2D eigenvalue weighted by atomic mass is 9.89. The summed E-state index contributed by atoms with van der Waals surface area (Å²) in [5.41, 5.74) is 7.30. The van der Waals surface area contributed by atoms with E-state index in [0.717, 1.165) is 29.9 Å². The molecule has 1 aromatic carbocycles. The molecule has 1 saturated heterocycles. The summed E-state index contributed by atoms with van der Waals surface area (Å²) in [4.78, 5) is 14.3. The predicted octanol–water partition coefficient (Wildman–Crippen LogP) is 1.86. The number of carbonyl (C=O) groups is 1. The van der Waals surface area contributed by atoms with Gasteiger partial charge in [-0.1, -0.05) is 0 Å². The quantitative estimate of drug-likeness (QED) is 0.919. The van der Waals surface area contributed by atoms with E-state index in [4.69, 9.17) is 15.2 Å². The summed E-state index contributed by atoms with van der Waals surface area (Å²) in [6, 6.07) is 5.83. The van der Waals surface area contributed by atoms with Gasteiger partial charge in [0.15, 0.2) is 0 Å². The van der Waals surface area contributed by atoms with Crippen LogP contribution in [0.5, 0.6) is 11.5 Å². The van der Waals surface area contributed by atoms with E-state index < -0.39 is 0 Å². The zero-order valence-electron chi connectivity index (χ0n) is 12.5. The maximum absolute atomic E-state index is 12.4. The van der Waals surface area contributed by atoms with Crippen molar-refractivity contribution in [1.29, 1.82) is 0 Å². The number of piperidine rings is 1. The molecular weight excluding hydrogens is 268 g/mol. The van der Waals surface area contributed by atoms with E-state index >= 15 is 0 Å². The summed E-state index contributed by atoms with van der Waals surface area (Å²) in [5, 5.41) is 0. The number of carbonyl (C=O) groups excluding carboxylic acids is 1. The summed E-state index contributed by atoms with van der Waals surface area (Å²) < 4.78 is 10.8. The van der Waals surface area contributed by atoms with Gasteiger partial charge in [-0.15, -0.1) is 0 Å². The van der Waals surface area contributed by atoms with Gasteiger partial charge in [0.05, 0.1) is 20.3 Å². The highest BCUT2D eigenvalue weighted by atomic mass is 16.5. The van der Waals surface area contributed by atoms with Gasteiger partial charge in [-0.2, -0.15) is 0 Å². The Balaban J connectivity index is 2.04. The first kappa shape index (κ1) is 14.2. The molecule has 1 aliphatic carbocycles. The second kappa shape index (κ2) is 5.56. The van der Waals surface area contributed by atoms with Gasteiger partial charge in [-0.05, 0) is 37.5 Å². The van der Waals surface area contributed by atoms with Crippen LogP contribution in [0.2, 0.25) is 0 Å². The number of hydrogen-bond acceptors (Lipinski definition) is 4. The third-order valence-corrected chi connectivity index (χ3v) is 4.38. The van der Waals surface area contributed by atoms with E-state index in [1.807, 2.05) is 23.1 Å². The molecule has 2 unspecified atom stereocenters. The van der Waals surface area contributed by atoms with E-state index in [1.165, 1.54) is 0 Å². The topological polar surface area (TPSA) is 64.8 Å². The zero-order valence-corrected chi connectivity index (χ0v) is 12.5. The lowest BCUT2D eigenvalue weighted by molar-refractivity contribution is -0.138. The van der Waals surface area contributed by atoms with Gasteiger partial charge in [-0.3, -0.25) is 4.79 Å². The van der Waals surface area contributed by atoms with Gasteiger partial charge in [0.1, 0.15) is 11.5 Å². The highest BCUT2D eigenvalue weighted by Gasteiger charge is 2.44. The first-order valence-electron chi connectivity index (χ1n) is 7.44. The molecule has 0 aromatic heterocycles. The molecule has 0 spiro atoms. The average molecular weight is 290 g/mol. The number of rotatable bonds is 4. The van der Waals surface area contributed by atoms with Crippen LogP contribution in [0.3, 0.4) is 0 Å². The van der Waals surface area contributed by atoms with Crippen molar-refractivity contribution in [3.05, 3.63) is 23.8 Å². The van der Waals surface area contributed by atoms with E-state index in [0.29, 0.717) is 18.9 Å². The highest BCUT2D eigenvalue weighted by Crippen LogP contribution is 2.43. The molecule has 5 nitrogen and oxygen atoms in total. The van der Waals surface area contributed by atoms with Crippen LogP contribution in [0.1, 0.15) is 37.3 Å². The monoisotopic (exact) mass is 290 g/mol. The lowest BCUT2D eigenvalue weighted by Gasteiger charge is -2.40. The number of ether oxygens (including phenoxy) is 2. The molecule has 2 N–H and O–H groups in total. The molecule has 1 aliphatic heterocycles. The summed E-state index contributed by atoms with van der Waals surface area (Å²) in [6.07, 6.45) is 3.40. The van der Waals surface area contributed by atoms with Gasteiger partial charge in [0.2, 0.25) is 5.91 Å². The van der Waals surface area contributed by atoms with Gasteiger partial charge >= 0.3 is 0 Å². The number of amides is 1. The minimum atomic E-state index is -0.121. The smallest absolute Gasteiger partial charge is 0.223 e. The second-order valence-electron chi connectivity index (χ2n) is 5.79. The molecule has 21 heavy (non-hydrogen) atoms. The number of nitrogens with zero attached hydrogens (tertiary/aromatic N) is 1. The largest absolute Gasteiger partial charge is 0.497 e. The molecule has 2 fully saturated rings. The summed E-state index contributed by atoms with van der Waals surface area (Å²) >= 11 is 0. The molecule has 2 aliphatic rings. The highest BCUT2D eigenvalue weighted by molar-refractivity contribution is 5.79. The van der Waals surface area contributed by atoms with Crippen LogP contribution < -0.4 is 15.2 Å². The minimum Gasteiger partial charge on any atom is -0.497 e. The van der Waals surface area contributed by atoms with Crippen molar-refractivity contribution in [2.45, 2.75) is 43.8 Å². The second-order valence-corrected chi connectivity index (χ2v) is 5.79. The van der Waals surface area contributed by atoms with Gasteiger partial charge < -0.3 is 20.1 Å². The number of benzene rings is 1. The Kier molecular flexibility index (Phi) is 3.76. The Morgan fingerprint density at radius 2 is 1.95 bits per heavy atom. The maximum atomic E-state index is 12.4. The molecule has 0 radical (unpaired) electrons. The normalized spacial score (nSPS) is 25.9. The van der Waals surface area contributed by atoms with Crippen LogP contribution in [-0.4, -0.2) is 37.1 Å². The van der Waals surface area contributed by atoms with Crippen molar-refractivity contribution >= 4 is 5.91 Å². The SMILES string of the molecule is COc1ccc(OC)c(C2C(N)CCC(=O)N2C2CC2)c1. The van der Waals surface area contributed by atoms with Crippen molar-refractivity contribution in [3.63, 3.8) is 0 Å². The Morgan fingerprint density at radius 1 is 1.19 bits per heavy atom. The molecule has 0 bridgehead atoms. The third-order valence-electron chi connectivity index (χ3n) is 4.38. The number of likely N-dealkylation sites (tertiary alicyclic amines) is 1. The van der Waals surface area contributed by atoms with Crippen LogP contribution >= 0.6 is 0 Å². The molecule has 1 aromatic rings. The van der Waals surface area contributed by atoms with Crippen molar-refractivity contribution < 1.29 is 14.3 Å². The van der Waals surface area contributed by atoms with Crippen LogP contribution in [0.15, 0.2) is 18.2 Å². The Hall–Kier alpha value is -1.75. The van der Waals surface area contributed by atoms with Crippen LogP contribution in [-0.2, 0) is 4.79 Å². The Morgan fingerprint density at radius 3 is 2.57 bits per heavy atom. The fourth-order valence-corrected chi connectivity index (χ4v) is 3.17. The number of nitrogens with two attached hydrogens (primary N) is 1. The molecule has 114 valence electrons. The number of hydrogen-bond donors (Lipinski definition) is 1. The van der Waals surface area contributed by atoms with Gasteiger partial charge in [-0.25, -0.2) is 0 Å². The van der Waals surface area contributed by atoms with E-state index in [2.05, 4.69) is 0 Å². The van der Waals surface area contributed by atoms with Gasteiger partial charge in [0, 0.05) is 24.1 Å². The summed E-state index contributed by atoms with van der Waals surface area (Å²) in [5.74, 6) is 1.72. The lowest BCUT2D eigenvalue weighted by Crippen LogP contribution is -2.49. The summed E-state index contributed by atoms with van der Waals surface area (Å²) in [6.45, 7) is 0. The van der Waals surface area contributed by atoms with Gasteiger partial charge in [0.25, 0.3) is 0 Å². The molecule has 3 rings (SSSR count). The first-order valence-corrected chi connectivity index (χ1v) is 7.44. The maximum Gasteiger partial charge on any atom is 0.223 e. The predicted molar refractivity (Wildman–Crippen MR) is 79.4 cm³/mol. The van der Waals surface area contributed by atoms with Crippen LogP contribution in [0.25, 0.3) is 0 Å². The zero-order chi connectivity index (χ0) is 15.0. The van der Waals surface area contributed by atoms with Crippen LogP contribution in [0.4, 0.5) is 0 Å². The Labute approximate surface area is 125 Å². The third kappa shape index (κ3) is 2.58. The van der Waals surface area contributed by atoms with E-state index in [-0.39, 0.29) is 18.0 Å². The van der Waals surface area contributed by atoms with E-state index in [9.17, 15) is 4.79 Å². The average Bonchev–Trinajstić information content (AvgIpc) is 3.33. The van der Waals surface area contributed by atoms with E-state index in [1.54, 1.807) is 14.2 Å². The molecular formula is C16H22N2O3. The minimum absolute atomic E-state index is 0.0655. The molecule has 1 amide bonds. The molecule has 1 heterocycles. The fourth-order valence-electron chi connectivity index (χ4n) is 3.17. The molecule has 5 heteroatoms.